The van der Waals surface area contributed by atoms with Crippen molar-refractivity contribution in [2.45, 2.75) is 31.6 Å². The highest BCUT2D eigenvalue weighted by Gasteiger charge is 2.27. The third-order valence-electron chi connectivity index (χ3n) is 4.73. The molecular weight excluding hydrogens is 266 g/mol. The minimum absolute atomic E-state index is 0.244. The van der Waals surface area contributed by atoms with Crippen LogP contribution in [0, 0.1) is 5.92 Å². The van der Waals surface area contributed by atoms with Crippen LogP contribution >= 0.6 is 0 Å². The van der Waals surface area contributed by atoms with Gasteiger partial charge in [-0.1, -0.05) is 18.2 Å². The number of piperidine rings is 1. The summed E-state index contributed by atoms with van der Waals surface area (Å²) in [7, 11) is 0. The van der Waals surface area contributed by atoms with E-state index >= 15 is 0 Å². The number of hydrogen-bond donors (Lipinski definition) is 1. The van der Waals surface area contributed by atoms with E-state index in [0.29, 0.717) is 18.9 Å². The number of aliphatic hydroxyl groups is 1. The Balaban J connectivity index is 1.61. The van der Waals surface area contributed by atoms with Crippen molar-refractivity contribution in [1.29, 1.82) is 0 Å². The van der Waals surface area contributed by atoms with Gasteiger partial charge in [0.05, 0.1) is 6.61 Å². The minimum Gasteiger partial charge on any atom is -0.493 e. The van der Waals surface area contributed by atoms with E-state index < -0.39 is 0 Å². The molecule has 0 radical (unpaired) electrons. The van der Waals surface area contributed by atoms with Crippen molar-refractivity contribution in [2.24, 2.45) is 5.92 Å². The highest BCUT2D eigenvalue weighted by Crippen LogP contribution is 2.36. The van der Waals surface area contributed by atoms with Gasteiger partial charge in [-0.25, -0.2) is 0 Å². The van der Waals surface area contributed by atoms with Crippen LogP contribution in [0.2, 0.25) is 0 Å². The molecule has 0 aromatic heterocycles. The van der Waals surface area contributed by atoms with Gasteiger partial charge in [0, 0.05) is 26.1 Å². The van der Waals surface area contributed by atoms with Crippen molar-refractivity contribution in [3.8, 4) is 5.75 Å². The zero-order chi connectivity index (χ0) is 14.7. The number of para-hydroxylation sites is 1. The third kappa shape index (κ3) is 3.21. The molecule has 4 nitrogen and oxygen atoms in total. The number of aliphatic hydroxyl groups excluding tert-OH is 1. The normalized spacial score (nSPS) is 22.5. The van der Waals surface area contributed by atoms with Gasteiger partial charge in [-0.2, -0.15) is 0 Å². The molecule has 0 bridgehead atoms. The van der Waals surface area contributed by atoms with Crippen LogP contribution in [0.3, 0.4) is 0 Å². The fourth-order valence-electron chi connectivity index (χ4n) is 3.33. The summed E-state index contributed by atoms with van der Waals surface area (Å²) in [6.07, 6.45) is 3.33. The molecule has 114 valence electrons. The highest BCUT2D eigenvalue weighted by molar-refractivity contribution is 5.77. The van der Waals surface area contributed by atoms with E-state index in [1.807, 2.05) is 23.1 Å². The topological polar surface area (TPSA) is 49.8 Å². The molecule has 1 N–H and O–H groups in total. The van der Waals surface area contributed by atoms with Crippen molar-refractivity contribution >= 4 is 5.91 Å². The number of amides is 1. The fraction of sp³-hybridized carbons (Fsp3) is 0.588. The Morgan fingerprint density at radius 2 is 2.00 bits per heavy atom. The number of benzene rings is 1. The lowest BCUT2D eigenvalue weighted by Crippen LogP contribution is -2.40. The number of fused-ring (bicyclic) bond motifs is 1. The van der Waals surface area contributed by atoms with E-state index in [0.717, 1.165) is 38.1 Å². The second-order valence-corrected chi connectivity index (χ2v) is 6.08. The van der Waals surface area contributed by atoms with Gasteiger partial charge in [-0.15, -0.1) is 0 Å². The highest BCUT2D eigenvalue weighted by atomic mass is 16.5. The van der Waals surface area contributed by atoms with Crippen LogP contribution in [0.25, 0.3) is 0 Å². The van der Waals surface area contributed by atoms with Gasteiger partial charge in [-0.05, 0) is 42.7 Å². The molecule has 3 rings (SSSR count). The minimum atomic E-state index is 0.244. The van der Waals surface area contributed by atoms with Gasteiger partial charge < -0.3 is 14.7 Å². The van der Waals surface area contributed by atoms with E-state index in [-0.39, 0.29) is 18.4 Å². The number of hydrogen-bond acceptors (Lipinski definition) is 3. The Kier molecular flexibility index (Phi) is 4.44. The lowest BCUT2D eigenvalue weighted by Gasteiger charge is -2.33. The maximum Gasteiger partial charge on any atom is 0.223 e. The summed E-state index contributed by atoms with van der Waals surface area (Å²) in [5, 5.41) is 9.17. The van der Waals surface area contributed by atoms with Crippen molar-refractivity contribution in [3.63, 3.8) is 0 Å². The molecule has 21 heavy (non-hydrogen) atoms. The van der Waals surface area contributed by atoms with Crippen LogP contribution in [-0.2, 0) is 4.79 Å². The van der Waals surface area contributed by atoms with Crippen molar-refractivity contribution in [1.82, 2.24) is 4.90 Å². The van der Waals surface area contributed by atoms with Gasteiger partial charge in [0.2, 0.25) is 5.91 Å². The molecule has 0 saturated carbocycles. The van der Waals surface area contributed by atoms with Crippen LogP contribution in [0.15, 0.2) is 24.3 Å². The Hall–Kier alpha value is -1.55. The molecule has 2 aliphatic heterocycles. The Bertz CT molecular complexity index is 495. The molecule has 1 atom stereocenters. The molecule has 1 aromatic carbocycles. The molecule has 1 fully saturated rings. The first-order valence-electron chi connectivity index (χ1n) is 7.88. The van der Waals surface area contributed by atoms with Gasteiger partial charge in [0.15, 0.2) is 0 Å². The summed E-state index contributed by atoms with van der Waals surface area (Å²) in [5.41, 5.74) is 1.17. The first-order chi connectivity index (χ1) is 10.3. The number of carbonyl (C=O) groups is 1. The lowest BCUT2D eigenvalue weighted by atomic mass is 9.89. The fourth-order valence-corrected chi connectivity index (χ4v) is 3.33. The molecule has 2 aliphatic rings. The van der Waals surface area contributed by atoms with E-state index in [2.05, 4.69) is 6.07 Å². The first-order valence-corrected chi connectivity index (χ1v) is 7.88. The van der Waals surface area contributed by atoms with E-state index in [1.54, 1.807) is 0 Å². The summed E-state index contributed by atoms with van der Waals surface area (Å²) in [6, 6.07) is 8.05. The summed E-state index contributed by atoms with van der Waals surface area (Å²) in [4.78, 5) is 14.5. The van der Waals surface area contributed by atoms with Crippen molar-refractivity contribution < 1.29 is 14.6 Å². The lowest BCUT2D eigenvalue weighted by molar-refractivity contribution is -0.133. The van der Waals surface area contributed by atoms with E-state index in [9.17, 15) is 4.79 Å². The SMILES string of the molecule is O=C(CC1CCOc2ccccc21)N1CCC(CO)CC1. The molecule has 0 spiro atoms. The molecule has 1 amide bonds. The smallest absolute Gasteiger partial charge is 0.223 e. The summed E-state index contributed by atoms with van der Waals surface area (Å²) >= 11 is 0. The van der Waals surface area contributed by atoms with Crippen LogP contribution in [0.1, 0.15) is 37.2 Å². The Morgan fingerprint density at radius 1 is 1.24 bits per heavy atom. The zero-order valence-corrected chi connectivity index (χ0v) is 12.3. The summed E-state index contributed by atoms with van der Waals surface area (Å²) in [6.45, 7) is 2.51. The van der Waals surface area contributed by atoms with Crippen molar-refractivity contribution in [2.75, 3.05) is 26.3 Å². The standard InChI is InChI=1S/C17H23NO3/c19-12-13-5-8-18(9-6-13)17(20)11-14-7-10-21-16-4-2-1-3-15(14)16/h1-4,13-14,19H,5-12H2. The molecule has 1 unspecified atom stereocenters. The maximum atomic E-state index is 12.5. The largest absolute Gasteiger partial charge is 0.493 e. The van der Waals surface area contributed by atoms with Gasteiger partial charge in [0.1, 0.15) is 5.75 Å². The van der Waals surface area contributed by atoms with Crippen LogP contribution in [0.4, 0.5) is 0 Å². The predicted octanol–water partition coefficient (Wildman–Crippen LogP) is 2.17. The van der Waals surface area contributed by atoms with E-state index in [1.165, 1.54) is 5.56 Å². The Morgan fingerprint density at radius 3 is 2.76 bits per heavy atom. The zero-order valence-electron chi connectivity index (χ0n) is 12.3. The number of carbonyl (C=O) groups excluding carboxylic acids is 1. The second-order valence-electron chi connectivity index (χ2n) is 6.08. The second kappa shape index (κ2) is 6.48. The average molecular weight is 289 g/mol. The number of likely N-dealkylation sites (tertiary alicyclic amines) is 1. The number of ether oxygens (including phenoxy) is 1. The van der Waals surface area contributed by atoms with Crippen LogP contribution in [-0.4, -0.2) is 42.2 Å². The molecule has 2 heterocycles. The van der Waals surface area contributed by atoms with Crippen LogP contribution in [0.5, 0.6) is 5.75 Å². The average Bonchev–Trinajstić information content (AvgIpc) is 2.55. The quantitative estimate of drug-likeness (QED) is 0.928. The third-order valence-corrected chi connectivity index (χ3v) is 4.73. The number of nitrogens with zero attached hydrogens (tertiary/aromatic N) is 1. The van der Waals surface area contributed by atoms with Gasteiger partial charge >= 0.3 is 0 Å². The molecule has 0 aliphatic carbocycles. The Labute approximate surface area is 125 Å². The predicted molar refractivity (Wildman–Crippen MR) is 80.3 cm³/mol. The summed E-state index contributed by atoms with van der Waals surface area (Å²) in [5.74, 6) is 1.82. The van der Waals surface area contributed by atoms with Gasteiger partial charge in [0.25, 0.3) is 0 Å². The monoisotopic (exact) mass is 289 g/mol. The van der Waals surface area contributed by atoms with Gasteiger partial charge in [-0.3, -0.25) is 4.79 Å². The molecule has 1 aromatic rings. The summed E-state index contributed by atoms with van der Waals surface area (Å²) < 4.78 is 5.66. The van der Waals surface area contributed by atoms with Crippen molar-refractivity contribution in [3.05, 3.63) is 29.8 Å². The molecule has 4 heteroatoms. The van der Waals surface area contributed by atoms with E-state index in [4.69, 9.17) is 9.84 Å². The molecule has 1 saturated heterocycles. The number of rotatable bonds is 3. The maximum absolute atomic E-state index is 12.5. The molecular formula is C17H23NO3. The van der Waals surface area contributed by atoms with Crippen LogP contribution < -0.4 is 4.74 Å². The first kappa shape index (κ1) is 14.4.